The van der Waals surface area contributed by atoms with Gasteiger partial charge >= 0.3 is 0 Å². The molecular formula is C28H29N3O3S. The first-order valence-corrected chi connectivity index (χ1v) is 12.7. The molecule has 1 saturated heterocycles. The normalized spacial score (nSPS) is 14.8. The number of likely N-dealkylation sites (tertiary alicyclic amines) is 1. The lowest BCUT2D eigenvalue weighted by Gasteiger charge is -2.14. The minimum absolute atomic E-state index is 0.00214. The summed E-state index contributed by atoms with van der Waals surface area (Å²) in [4.78, 5) is 28.5. The van der Waals surface area contributed by atoms with Crippen molar-refractivity contribution in [2.45, 2.75) is 39.5 Å². The van der Waals surface area contributed by atoms with Crippen LogP contribution in [0.1, 0.15) is 50.7 Å². The van der Waals surface area contributed by atoms with Gasteiger partial charge in [0.2, 0.25) is 0 Å². The molecular weight excluding hydrogens is 458 g/mol. The van der Waals surface area contributed by atoms with Crippen molar-refractivity contribution in [1.29, 1.82) is 5.26 Å². The van der Waals surface area contributed by atoms with Crippen LogP contribution in [0.25, 0.3) is 17.3 Å². The molecule has 0 radical (unpaired) electrons. The van der Waals surface area contributed by atoms with E-state index in [2.05, 4.69) is 32.0 Å². The number of carbonyl (C=O) groups is 1. The molecule has 1 aliphatic heterocycles. The molecule has 1 amide bonds. The Morgan fingerprint density at radius 1 is 1.11 bits per heavy atom. The minimum Gasteiger partial charge on any atom is -0.494 e. The van der Waals surface area contributed by atoms with Gasteiger partial charge in [0, 0.05) is 13.1 Å². The first-order valence-electron chi connectivity index (χ1n) is 11.9. The van der Waals surface area contributed by atoms with Crippen molar-refractivity contribution in [3.8, 4) is 17.5 Å². The fraction of sp³-hybridized carbons (Fsp3) is 0.321. The largest absolute Gasteiger partial charge is 0.494 e. The van der Waals surface area contributed by atoms with Gasteiger partial charge in [-0.05, 0) is 67.2 Å². The van der Waals surface area contributed by atoms with Crippen LogP contribution in [0.2, 0.25) is 0 Å². The van der Waals surface area contributed by atoms with E-state index in [1.165, 1.54) is 21.5 Å². The molecule has 6 nitrogen and oxygen atoms in total. The Labute approximate surface area is 209 Å². The lowest BCUT2D eigenvalue weighted by atomic mass is 10.0. The van der Waals surface area contributed by atoms with Crippen molar-refractivity contribution >= 4 is 28.9 Å². The summed E-state index contributed by atoms with van der Waals surface area (Å²) in [6.45, 7) is 7.97. The zero-order valence-corrected chi connectivity index (χ0v) is 21.1. The number of thiazole rings is 1. The van der Waals surface area contributed by atoms with E-state index in [9.17, 15) is 14.9 Å². The van der Waals surface area contributed by atoms with Crippen molar-refractivity contribution in [2.24, 2.45) is 0 Å². The van der Waals surface area contributed by atoms with E-state index in [4.69, 9.17) is 4.74 Å². The first-order chi connectivity index (χ1) is 16.9. The van der Waals surface area contributed by atoms with Crippen molar-refractivity contribution < 1.29 is 9.53 Å². The Hall–Kier alpha value is -3.63. The van der Waals surface area contributed by atoms with Crippen LogP contribution in [0, 0.1) is 11.3 Å². The molecule has 1 aromatic heterocycles. The number of benzene rings is 2. The monoisotopic (exact) mass is 487 g/mol. The van der Waals surface area contributed by atoms with Crippen LogP contribution in [0.15, 0.2) is 53.3 Å². The number of hydrogen-bond acceptors (Lipinski definition) is 5. The number of nitriles is 1. The molecule has 180 valence electrons. The predicted molar refractivity (Wildman–Crippen MR) is 139 cm³/mol. The first kappa shape index (κ1) is 24.5. The van der Waals surface area contributed by atoms with Crippen LogP contribution in [-0.2, 0) is 4.79 Å². The van der Waals surface area contributed by atoms with Gasteiger partial charge in [-0.3, -0.25) is 14.2 Å². The molecule has 1 aliphatic rings. The van der Waals surface area contributed by atoms with E-state index in [0.29, 0.717) is 46.2 Å². The number of aromatic nitrogens is 1. The molecule has 0 N–H and O–H groups in total. The number of ether oxygens (including phenoxy) is 1. The third-order valence-corrected chi connectivity index (χ3v) is 7.16. The second kappa shape index (κ2) is 10.7. The second-order valence-corrected chi connectivity index (χ2v) is 9.82. The van der Waals surface area contributed by atoms with E-state index in [-0.39, 0.29) is 17.0 Å². The Kier molecular flexibility index (Phi) is 7.52. The highest BCUT2D eigenvalue weighted by Crippen LogP contribution is 2.16. The second-order valence-electron chi connectivity index (χ2n) is 8.79. The predicted octanol–water partition coefficient (Wildman–Crippen LogP) is 3.55. The Morgan fingerprint density at radius 3 is 2.34 bits per heavy atom. The number of rotatable bonds is 6. The van der Waals surface area contributed by atoms with E-state index in [1.807, 2.05) is 25.1 Å². The summed E-state index contributed by atoms with van der Waals surface area (Å²) in [6, 6.07) is 17.3. The summed E-state index contributed by atoms with van der Waals surface area (Å²) < 4.78 is 7.82. The SMILES string of the molecule is CCOc1ccc(-n2c(=O)/c(=C\c3ccc(C(C)C)cc3)s/c2=C(/C#N)C(=O)N2CCCC2)cc1. The minimum atomic E-state index is -0.321. The Morgan fingerprint density at radius 2 is 1.77 bits per heavy atom. The van der Waals surface area contributed by atoms with Gasteiger partial charge in [0.15, 0.2) is 5.57 Å². The fourth-order valence-electron chi connectivity index (χ4n) is 4.14. The molecule has 0 saturated carbocycles. The lowest BCUT2D eigenvalue weighted by molar-refractivity contribution is -0.123. The summed E-state index contributed by atoms with van der Waals surface area (Å²) in [5, 5.41) is 9.99. The van der Waals surface area contributed by atoms with Crippen molar-refractivity contribution in [3.63, 3.8) is 0 Å². The van der Waals surface area contributed by atoms with E-state index < -0.39 is 0 Å². The summed E-state index contributed by atoms with van der Waals surface area (Å²) in [6.07, 6.45) is 3.67. The molecule has 2 heterocycles. The summed E-state index contributed by atoms with van der Waals surface area (Å²) in [5.41, 5.74) is 2.43. The molecule has 0 bridgehead atoms. The van der Waals surface area contributed by atoms with Crippen molar-refractivity contribution in [3.05, 3.63) is 79.2 Å². The topological polar surface area (TPSA) is 75.3 Å². The molecule has 3 aromatic rings. The van der Waals surface area contributed by atoms with Gasteiger partial charge in [-0.15, -0.1) is 11.3 Å². The third-order valence-electron chi connectivity index (χ3n) is 6.06. The third kappa shape index (κ3) is 5.23. The number of amides is 1. The molecule has 0 unspecified atom stereocenters. The summed E-state index contributed by atoms with van der Waals surface area (Å²) in [7, 11) is 0. The standard InChI is InChI=1S/C28H29N3O3S/c1-4-34-23-13-11-22(12-14-23)31-27(33)25(17-20-7-9-21(10-8-20)19(2)3)35-28(31)24(18-29)26(32)30-15-5-6-16-30/h7-14,17,19H,4-6,15-16H2,1-3H3/b25-17+,28-24-. The molecule has 35 heavy (non-hydrogen) atoms. The van der Waals surface area contributed by atoms with Crippen molar-refractivity contribution in [2.75, 3.05) is 19.7 Å². The number of carbonyl (C=O) groups excluding carboxylic acids is 1. The van der Waals surface area contributed by atoms with Crippen molar-refractivity contribution in [1.82, 2.24) is 9.47 Å². The van der Waals surface area contributed by atoms with E-state index >= 15 is 0 Å². The fourth-order valence-corrected chi connectivity index (χ4v) is 5.23. The molecule has 0 spiro atoms. The molecule has 4 rings (SSSR count). The van der Waals surface area contributed by atoms with Crippen LogP contribution < -0.4 is 19.5 Å². The maximum Gasteiger partial charge on any atom is 0.273 e. The Balaban J connectivity index is 1.92. The van der Waals surface area contributed by atoms with Gasteiger partial charge < -0.3 is 9.64 Å². The van der Waals surface area contributed by atoms with E-state index in [1.54, 1.807) is 29.2 Å². The van der Waals surface area contributed by atoms with Gasteiger partial charge in [0.1, 0.15) is 16.5 Å². The quantitative estimate of drug-likeness (QED) is 0.533. The van der Waals surface area contributed by atoms with Gasteiger partial charge in [0.05, 0.1) is 16.8 Å². The smallest absolute Gasteiger partial charge is 0.273 e. The lowest BCUT2D eigenvalue weighted by Crippen LogP contribution is -2.35. The summed E-state index contributed by atoms with van der Waals surface area (Å²) in [5.74, 6) is 0.785. The van der Waals surface area contributed by atoms with E-state index in [0.717, 1.165) is 18.4 Å². The summed E-state index contributed by atoms with van der Waals surface area (Å²) >= 11 is 1.18. The zero-order valence-electron chi connectivity index (χ0n) is 20.3. The highest BCUT2D eigenvalue weighted by atomic mass is 32.1. The molecule has 0 atom stereocenters. The van der Waals surface area contributed by atoms with Crippen LogP contribution >= 0.6 is 11.3 Å². The maximum atomic E-state index is 13.6. The van der Waals surface area contributed by atoms with Gasteiger partial charge in [-0.2, -0.15) is 5.26 Å². The average Bonchev–Trinajstić information content (AvgIpc) is 3.50. The van der Waals surface area contributed by atoms with Crippen LogP contribution in [0.4, 0.5) is 0 Å². The van der Waals surface area contributed by atoms with Crippen LogP contribution in [0.5, 0.6) is 5.75 Å². The van der Waals surface area contributed by atoms with Gasteiger partial charge in [-0.1, -0.05) is 38.1 Å². The highest BCUT2D eigenvalue weighted by molar-refractivity contribution is 7.07. The molecule has 7 heteroatoms. The Bertz CT molecular complexity index is 1420. The molecule has 1 fully saturated rings. The zero-order chi connectivity index (χ0) is 24.9. The number of hydrogen-bond donors (Lipinski definition) is 0. The molecule has 0 aliphatic carbocycles. The number of nitrogens with zero attached hydrogens (tertiary/aromatic N) is 3. The van der Waals surface area contributed by atoms with Crippen LogP contribution in [-0.4, -0.2) is 35.1 Å². The maximum absolute atomic E-state index is 13.6. The average molecular weight is 488 g/mol. The van der Waals surface area contributed by atoms with Gasteiger partial charge in [-0.25, -0.2) is 0 Å². The van der Waals surface area contributed by atoms with Gasteiger partial charge in [0.25, 0.3) is 11.5 Å². The molecule has 2 aromatic carbocycles. The van der Waals surface area contributed by atoms with Crippen LogP contribution in [0.3, 0.4) is 0 Å². The highest BCUT2D eigenvalue weighted by Gasteiger charge is 2.24.